The van der Waals surface area contributed by atoms with E-state index >= 15 is 0 Å². The molecular formula is C21H22F2O5. The molecule has 150 valence electrons. The van der Waals surface area contributed by atoms with Crippen molar-refractivity contribution in [3.05, 3.63) is 53.6 Å². The zero-order chi connectivity index (χ0) is 20.7. The number of alkyl halides is 2. The normalized spacial score (nSPS) is 11.1. The van der Waals surface area contributed by atoms with Crippen molar-refractivity contribution in [1.29, 1.82) is 0 Å². The van der Waals surface area contributed by atoms with E-state index in [-0.39, 0.29) is 28.9 Å². The van der Waals surface area contributed by atoms with Gasteiger partial charge in [-0.2, -0.15) is 8.78 Å². The molecule has 0 aromatic heterocycles. The third-order valence-electron chi connectivity index (χ3n) is 3.66. The number of hydrogen-bond acceptors (Lipinski definition) is 5. The highest BCUT2D eigenvalue weighted by molar-refractivity contribution is 6.07. The van der Waals surface area contributed by atoms with Crippen molar-refractivity contribution >= 4 is 11.9 Å². The van der Waals surface area contributed by atoms with Gasteiger partial charge in [0.05, 0.1) is 20.3 Å². The number of para-hydroxylation sites is 1. The quantitative estimate of drug-likeness (QED) is 0.445. The highest BCUT2D eigenvalue weighted by Gasteiger charge is 2.14. The van der Waals surface area contributed by atoms with Crippen LogP contribution in [0.5, 0.6) is 23.0 Å². The number of ether oxygens (including phenoxy) is 4. The molecule has 0 bridgehead atoms. The number of carbonyl (C=O) groups excluding carboxylic acids is 1. The molecule has 0 aliphatic carbocycles. The van der Waals surface area contributed by atoms with Gasteiger partial charge in [0.15, 0.2) is 28.8 Å². The summed E-state index contributed by atoms with van der Waals surface area (Å²) in [6.07, 6.45) is 2.90. The van der Waals surface area contributed by atoms with E-state index in [2.05, 4.69) is 4.74 Å². The van der Waals surface area contributed by atoms with Gasteiger partial charge in [0.1, 0.15) is 0 Å². The van der Waals surface area contributed by atoms with Gasteiger partial charge < -0.3 is 18.9 Å². The summed E-state index contributed by atoms with van der Waals surface area (Å²) >= 11 is 0. The molecule has 2 aromatic rings. The molecule has 0 aliphatic heterocycles. The molecule has 0 saturated carbocycles. The molecule has 0 amide bonds. The second-order valence-corrected chi connectivity index (χ2v) is 5.99. The largest absolute Gasteiger partial charge is 0.493 e. The van der Waals surface area contributed by atoms with Gasteiger partial charge in [-0.15, -0.1) is 0 Å². The summed E-state index contributed by atoms with van der Waals surface area (Å²) in [6.45, 7) is 0.795. The molecule has 28 heavy (non-hydrogen) atoms. The zero-order valence-corrected chi connectivity index (χ0v) is 16.1. The predicted octanol–water partition coefficient (Wildman–Crippen LogP) is 4.99. The van der Waals surface area contributed by atoms with Crippen LogP contribution in [-0.2, 0) is 0 Å². The van der Waals surface area contributed by atoms with Crippen LogP contribution < -0.4 is 18.9 Å². The van der Waals surface area contributed by atoms with Gasteiger partial charge in [-0.1, -0.05) is 12.1 Å². The molecule has 0 spiro atoms. The summed E-state index contributed by atoms with van der Waals surface area (Å²) in [5, 5.41) is 0. The van der Waals surface area contributed by atoms with E-state index in [1.165, 1.54) is 38.5 Å². The number of allylic oxidation sites excluding steroid dienone is 1. The van der Waals surface area contributed by atoms with Crippen LogP contribution >= 0.6 is 0 Å². The number of carbonyl (C=O) groups is 1. The van der Waals surface area contributed by atoms with Crippen molar-refractivity contribution in [3.8, 4) is 23.0 Å². The van der Waals surface area contributed by atoms with Crippen molar-refractivity contribution < 1.29 is 32.5 Å². The van der Waals surface area contributed by atoms with Crippen LogP contribution in [0.1, 0.15) is 29.8 Å². The lowest BCUT2D eigenvalue weighted by molar-refractivity contribution is -0.0512. The fourth-order valence-corrected chi connectivity index (χ4v) is 2.46. The van der Waals surface area contributed by atoms with E-state index in [9.17, 15) is 13.6 Å². The second kappa shape index (κ2) is 9.73. The molecule has 0 atom stereocenters. The van der Waals surface area contributed by atoms with Gasteiger partial charge in [0.2, 0.25) is 0 Å². The average Bonchev–Trinajstić information content (AvgIpc) is 2.66. The number of halogens is 2. The molecule has 0 saturated heterocycles. The Morgan fingerprint density at radius 3 is 2.29 bits per heavy atom. The first-order chi connectivity index (χ1) is 13.3. The van der Waals surface area contributed by atoms with Gasteiger partial charge in [-0.05, 0) is 50.3 Å². The van der Waals surface area contributed by atoms with E-state index in [0.29, 0.717) is 17.1 Å². The first-order valence-corrected chi connectivity index (χ1v) is 8.54. The molecule has 0 unspecified atom stereocenters. The highest BCUT2D eigenvalue weighted by atomic mass is 19.3. The fourth-order valence-electron chi connectivity index (χ4n) is 2.46. The van der Waals surface area contributed by atoms with E-state index in [1.54, 1.807) is 24.3 Å². The van der Waals surface area contributed by atoms with Crippen LogP contribution in [0.2, 0.25) is 0 Å². The smallest absolute Gasteiger partial charge is 0.387 e. The van der Waals surface area contributed by atoms with Gasteiger partial charge in [-0.3, -0.25) is 4.79 Å². The lowest BCUT2D eigenvalue weighted by Gasteiger charge is -2.15. The Labute approximate surface area is 162 Å². The Kier molecular flexibility index (Phi) is 7.37. The molecule has 0 N–H and O–H groups in total. The lowest BCUT2D eigenvalue weighted by Crippen LogP contribution is -2.08. The molecule has 5 nitrogen and oxygen atoms in total. The zero-order valence-electron chi connectivity index (χ0n) is 16.1. The molecule has 7 heteroatoms. The van der Waals surface area contributed by atoms with Crippen molar-refractivity contribution in [2.45, 2.75) is 26.6 Å². The fraction of sp³-hybridized carbons (Fsp3) is 0.286. The van der Waals surface area contributed by atoms with Crippen LogP contribution in [0.15, 0.2) is 42.5 Å². The Morgan fingerprint density at radius 1 is 0.964 bits per heavy atom. The predicted molar refractivity (Wildman–Crippen MR) is 102 cm³/mol. The van der Waals surface area contributed by atoms with E-state index in [0.717, 1.165) is 0 Å². The third-order valence-corrected chi connectivity index (χ3v) is 3.66. The lowest BCUT2D eigenvalue weighted by atomic mass is 10.1. The van der Waals surface area contributed by atoms with Crippen molar-refractivity contribution in [1.82, 2.24) is 0 Å². The summed E-state index contributed by atoms with van der Waals surface area (Å²) in [6, 6.07) is 9.36. The summed E-state index contributed by atoms with van der Waals surface area (Å²) in [7, 11) is 2.85. The highest BCUT2D eigenvalue weighted by Crippen LogP contribution is 2.33. The summed E-state index contributed by atoms with van der Waals surface area (Å²) in [4.78, 5) is 12.5. The van der Waals surface area contributed by atoms with Crippen LogP contribution in [0.3, 0.4) is 0 Å². The van der Waals surface area contributed by atoms with Crippen LogP contribution in [0, 0.1) is 0 Å². The Balaban J connectivity index is 2.29. The maximum absolute atomic E-state index is 12.5. The number of ketones is 1. The molecule has 2 rings (SSSR count). The van der Waals surface area contributed by atoms with Crippen molar-refractivity contribution in [2.24, 2.45) is 0 Å². The minimum atomic E-state index is -2.98. The van der Waals surface area contributed by atoms with E-state index < -0.39 is 6.61 Å². The van der Waals surface area contributed by atoms with Crippen LogP contribution in [0.4, 0.5) is 8.78 Å². The Hall–Kier alpha value is -3.09. The van der Waals surface area contributed by atoms with Gasteiger partial charge in [0.25, 0.3) is 0 Å². The molecular weight excluding hydrogens is 370 g/mol. The number of methoxy groups -OCH3 is 2. The minimum absolute atomic E-state index is 0.0461. The minimum Gasteiger partial charge on any atom is -0.493 e. The summed E-state index contributed by atoms with van der Waals surface area (Å²) in [5.74, 6) is 0.657. The topological polar surface area (TPSA) is 54.0 Å². The Bertz CT molecular complexity index is 847. The maximum atomic E-state index is 12.5. The molecule has 2 aromatic carbocycles. The Morgan fingerprint density at radius 2 is 1.68 bits per heavy atom. The van der Waals surface area contributed by atoms with Gasteiger partial charge in [-0.25, -0.2) is 0 Å². The van der Waals surface area contributed by atoms with Crippen LogP contribution in [-0.4, -0.2) is 32.7 Å². The standard InChI is InChI=1S/C21H22F2O5/c1-13(2)27-20-14(6-5-7-18(20)25-3)8-10-16(24)15-9-11-17(28-21(22)23)19(12-15)26-4/h5-13,21H,1-4H3/b10-8+. The van der Waals surface area contributed by atoms with Crippen molar-refractivity contribution in [2.75, 3.05) is 14.2 Å². The first-order valence-electron chi connectivity index (χ1n) is 8.54. The van der Waals surface area contributed by atoms with E-state index in [4.69, 9.17) is 14.2 Å². The summed E-state index contributed by atoms with van der Waals surface area (Å²) < 4.78 is 45.3. The van der Waals surface area contributed by atoms with Crippen molar-refractivity contribution in [3.63, 3.8) is 0 Å². The average molecular weight is 392 g/mol. The number of rotatable bonds is 9. The molecule has 0 fully saturated rings. The number of hydrogen-bond donors (Lipinski definition) is 0. The molecule has 0 heterocycles. The van der Waals surface area contributed by atoms with Crippen LogP contribution in [0.25, 0.3) is 6.08 Å². The second-order valence-electron chi connectivity index (χ2n) is 5.99. The molecule has 0 radical (unpaired) electrons. The number of benzene rings is 2. The van der Waals surface area contributed by atoms with Gasteiger partial charge in [0, 0.05) is 11.1 Å². The monoisotopic (exact) mass is 392 g/mol. The first kappa shape index (κ1) is 21.2. The molecule has 0 aliphatic rings. The summed E-state index contributed by atoms with van der Waals surface area (Å²) in [5.41, 5.74) is 0.940. The van der Waals surface area contributed by atoms with Gasteiger partial charge >= 0.3 is 6.61 Å². The third kappa shape index (κ3) is 5.45. The maximum Gasteiger partial charge on any atom is 0.387 e. The van der Waals surface area contributed by atoms with E-state index in [1.807, 2.05) is 13.8 Å². The SMILES string of the molecule is COc1cc(C(=O)/C=C/c2cccc(OC)c2OC(C)C)ccc1OC(F)F.